The molecule has 0 radical (unpaired) electrons. The zero-order valence-electron chi connectivity index (χ0n) is 17.7. The quantitative estimate of drug-likeness (QED) is 0.270. The molecule has 0 amide bonds. The van der Waals surface area contributed by atoms with Crippen LogP contribution in [0.2, 0.25) is 0 Å². The number of ether oxygens (including phenoxy) is 1. The molecule has 3 nitrogen and oxygen atoms in total. The molecule has 0 aromatic heterocycles. The number of aliphatic imine (C=N–C) groups is 1. The van der Waals surface area contributed by atoms with Crippen LogP contribution in [0.5, 0.6) is 0 Å². The zero-order valence-corrected chi connectivity index (χ0v) is 17.7. The molecule has 0 fully saturated rings. The summed E-state index contributed by atoms with van der Waals surface area (Å²) >= 11 is 0. The van der Waals surface area contributed by atoms with E-state index in [-0.39, 0.29) is 12.1 Å². The second-order valence-corrected chi connectivity index (χ2v) is 8.23. The van der Waals surface area contributed by atoms with E-state index in [1.165, 1.54) is 96.3 Å². The molecule has 1 aliphatic heterocycles. The van der Waals surface area contributed by atoms with E-state index >= 15 is 0 Å². The van der Waals surface area contributed by atoms with E-state index in [4.69, 9.17) is 4.74 Å². The number of nitrogens with zero attached hydrogens (tertiary/aromatic N) is 1. The lowest BCUT2D eigenvalue weighted by atomic mass is 10.0. The van der Waals surface area contributed by atoms with Crippen LogP contribution in [0.1, 0.15) is 123 Å². The minimum absolute atomic E-state index is 0.103. The average molecular weight is 368 g/mol. The van der Waals surface area contributed by atoms with Gasteiger partial charge in [0.05, 0.1) is 6.61 Å². The number of hydrogen-bond acceptors (Lipinski definition) is 3. The van der Waals surface area contributed by atoms with Crippen molar-refractivity contribution >= 4 is 5.90 Å². The Morgan fingerprint density at radius 2 is 1.23 bits per heavy atom. The summed E-state index contributed by atoms with van der Waals surface area (Å²) in [6.07, 6.45) is 22.7. The average Bonchev–Trinajstić information content (AvgIpc) is 3.09. The third-order valence-corrected chi connectivity index (χ3v) is 5.82. The highest BCUT2D eigenvalue weighted by Gasteiger charge is 2.33. The highest BCUT2D eigenvalue weighted by Crippen LogP contribution is 2.24. The van der Waals surface area contributed by atoms with Gasteiger partial charge in [-0.2, -0.15) is 0 Å². The highest BCUT2D eigenvalue weighted by atomic mass is 16.5. The molecule has 3 heteroatoms. The van der Waals surface area contributed by atoms with Gasteiger partial charge in [-0.3, -0.25) is 0 Å². The largest absolute Gasteiger partial charge is 0.478 e. The lowest BCUT2D eigenvalue weighted by molar-refractivity contribution is 0.153. The SMILES string of the molecule is CCCCCCCCCCCCCCCCCC1=N[C@](CC)(CO)CO1. The molecular formula is C23H45NO2. The van der Waals surface area contributed by atoms with E-state index in [9.17, 15) is 5.11 Å². The number of unbranched alkanes of at least 4 members (excludes halogenated alkanes) is 14. The summed E-state index contributed by atoms with van der Waals surface area (Å²) < 4.78 is 5.66. The Morgan fingerprint density at radius 1 is 0.769 bits per heavy atom. The van der Waals surface area contributed by atoms with Gasteiger partial charge in [0.25, 0.3) is 0 Å². The zero-order chi connectivity index (χ0) is 18.9. The second-order valence-electron chi connectivity index (χ2n) is 8.23. The van der Waals surface area contributed by atoms with Gasteiger partial charge < -0.3 is 9.84 Å². The van der Waals surface area contributed by atoms with Crippen molar-refractivity contribution < 1.29 is 9.84 Å². The van der Waals surface area contributed by atoms with Gasteiger partial charge >= 0.3 is 0 Å². The van der Waals surface area contributed by atoms with Crippen molar-refractivity contribution in [2.45, 2.75) is 129 Å². The molecule has 0 unspecified atom stereocenters. The molecule has 0 saturated carbocycles. The van der Waals surface area contributed by atoms with Gasteiger partial charge in [-0.25, -0.2) is 4.99 Å². The summed E-state index contributed by atoms with van der Waals surface area (Å²) in [5, 5.41) is 9.45. The third kappa shape index (κ3) is 10.5. The lowest BCUT2D eigenvalue weighted by Gasteiger charge is -2.17. The van der Waals surface area contributed by atoms with E-state index in [1.807, 2.05) is 0 Å². The van der Waals surface area contributed by atoms with Gasteiger partial charge in [-0.05, 0) is 12.8 Å². The van der Waals surface area contributed by atoms with Gasteiger partial charge in [0.1, 0.15) is 12.1 Å². The van der Waals surface area contributed by atoms with Crippen molar-refractivity contribution in [3.05, 3.63) is 0 Å². The van der Waals surface area contributed by atoms with Gasteiger partial charge in [0, 0.05) is 6.42 Å². The Hall–Kier alpha value is -0.570. The standard InChI is InChI=1S/C23H45NO2/c1-3-5-6-7-8-9-10-11-12-13-14-15-16-17-18-19-22-24-23(4-2,20-25)21-26-22/h25H,3-21H2,1-2H3/t23-/m1/s1. The second kappa shape index (κ2) is 15.5. The fourth-order valence-corrected chi connectivity index (χ4v) is 3.70. The third-order valence-electron chi connectivity index (χ3n) is 5.82. The molecule has 0 bridgehead atoms. The molecule has 1 atom stereocenters. The van der Waals surface area contributed by atoms with Crippen LogP contribution < -0.4 is 0 Å². The van der Waals surface area contributed by atoms with Crippen molar-refractivity contribution in [3.63, 3.8) is 0 Å². The molecule has 1 aliphatic rings. The number of aliphatic hydroxyl groups excluding tert-OH is 1. The normalized spacial score (nSPS) is 19.6. The Kier molecular flexibility index (Phi) is 14.0. The van der Waals surface area contributed by atoms with Crippen LogP contribution in [-0.4, -0.2) is 29.8 Å². The van der Waals surface area contributed by atoms with E-state index < -0.39 is 0 Å². The molecular weight excluding hydrogens is 322 g/mol. The lowest BCUT2D eigenvalue weighted by Crippen LogP contribution is -2.31. The number of aliphatic hydroxyl groups is 1. The molecule has 0 aromatic rings. The molecule has 1 N–H and O–H groups in total. The summed E-state index contributed by atoms with van der Waals surface area (Å²) in [6, 6.07) is 0. The van der Waals surface area contributed by atoms with E-state index in [1.54, 1.807) is 0 Å². The summed E-state index contributed by atoms with van der Waals surface area (Å²) in [5.74, 6) is 0.871. The van der Waals surface area contributed by atoms with Crippen molar-refractivity contribution in [2.75, 3.05) is 13.2 Å². The van der Waals surface area contributed by atoms with Crippen molar-refractivity contribution in [1.29, 1.82) is 0 Å². The van der Waals surface area contributed by atoms with Gasteiger partial charge in [0.15, 0.2) is 5.90 Å². The van der Waals surface area contributed by atoms with Gasteiger partial charge in [0.2, 0.25) is 0 Å². The van der Waals surface area contributed by atoms with Crippen molar-refractivity contribution in [1.82, 2.24) is 0 Å². The molecule has 1 rings (SSSR count). The predicted molar refractivity (Wildman–Crippen MR) is 113 cm³/mol. The first-order valence-corrected chi connectivity index (χ1v) is 11.6. The maximum atomic E-state index is 9.45. The fraction of sp³-hybridized carbons (Fsp3) is 0.957. The maximum Gasteiger partial charge on any atom is 0.184 e. The van der Waals surface area contributed by atoms with Crippen LogP contribution in [0.3, 0.4) is 0 Å². The summed E-state index contributed by atoms with van der Waals surface area (Å²) in [5.41, 5.74) is -0.342. The first kappa shape index (κ1) is 23.5. The summed E-state index contributed by atoms with van der Waals surface area (Å²) in [6.45, 7) is 5.02. The first-order chi connectivity index (χ1) is 12.8. The number of rotatable bonds is 18. The monoisotopic (exact) mass is 367 g/mol. The minimum atomic E-state index is -0.342. The summed E-state index contributed by atoms with van der Waals surface area (Å²) in [7, 11) is 0. The van der Waals surface area contributed by atoms with Crippen LogP contribution in [0.25, 0.3) is 0 Å². The molecule has 26 heavy (non-hydrogen) atoms. The predicted octanol–water partition coefficient (Wildman–Crippen LogP) is 6.82. The number of hydrogen-bond donors (Lipinski definition) is 1. The fourth-order valence-electron chi connectivity index (χ4n) is 3.70. The smallest absolute Gasteiger partial charge is 0.184 e. The van der Waals surface area contributed by atoms with E-state index in [0.29, 0.717) is 6.61 Å². The Labute approximate surface area is 163 Å². The molecule has 1 heterocycles. The van der Waals surface area contributed by atoms with Crippen LogP contribution in [0.4, 0.5) is 0 Å². The molecule has 154 valence electrons. The van der Waals surface area contributed by atoms with Crippen molar-refractivity contribution in [2.24, 2.45) is 4.99 Å². The van der Waals surface area contributed by atoms with E-state index in [0.717, 1.165) is 18.7 Å². The first-order valence-electron chi connectivity index (χ1n) is 11.6. The summed E-state index contributed by atoms with van der Waals surface area (Å²) in [4.78, 5) is 4.60. The minimum Gasteiger partial charge on any atom is -0.478 e. The Morgan fingerprint density at radius 3 is 1.62 bits per heavy atom. The molecule has 0 saturated heterocycles. The van der Waals surface area contributed by atoms with Crippen LogP contribution in [-0.2, 0) is 4.74 Å². The maximum absolute atomic E-state index is 9.45. The molecule has 0 spiro atoms. The topological polar surface area (TPSA) is 41.8 Å². The van der Waals surface area contributed by atoms with Crippen LogP contribution >= 0.6 is 0 Å². The van der Waals surface area contributed by atoms with Crippen LogP contribution in [0, 0.1) is 0 Å². The van der Waals surface area contributed by atoms with Gasteiger partial charge in [-0.1, -0.05) is 104 Å². The van der Waals surface area contributed by atoms with Crippen molar-refractivity contribution in [3.8, 4) is 0 Å². The Bertz CT molecular complexity index is 350. The molecule has 0 aromatic carbocycles. The molecule has 0 aliphatic carbocycles. The van der Waals surface area contributed by atoms with Crippen LogP contribution in [0.15, 0.2) is 4.99 Å². The van der Waals surface area contributed by atoms with E-state index in [2.05, 4.69) is 18.8 Å². The van der Waals surface area contributed by atoms with Gasteiger partial charge in [-0.15, -0.1) is 0 Å². The Balaban J connectivity index is 1.82. The highest BCUT2D eigenvalue weighted by molar-refractivity contribution is 5.78.